The molecule has 102 valence electrons. The lowest BCUT2D eigenvalue weighted by Crippen LogP contribution is -2.37. The maximum absolute atomic E-state index is 6.14. The Morgan fingerprint density at radius 2 is 2.26 bits per heavy atom. The molecular formula is C14H20N4S. The molecule has 0 aliphatic carbocycles. The van der Waals surface area contributed by atoms with Gasteiger partial charge < -0.3 is 5.73 Å². The number of likely N-dealkylation sites (N-methyl/N-ethyl adjacent to an activating group) is 1. The van der Waals surface area contributed by atoms with Crippen LogP contribution in [0, 0.1) is 6.92 Å². The summed E-state index contributed by atoms with van der Waals surface area (Å²) in [5.74, 6) is 0. The monoisotopic (exact) mass is 276 g/mol. The van der Waals surface area contributed by atoms with Gasteiger partial charge in [-0.15, -0.1) is 11.3 Å². The lowest BCUT2D eigenvalue weighted by Gasteiger charge is -2.30. The molecule has 0 fully saturated rings. The van der Waals surface area contributed by atoms with Crippen LogP contribution in [0.2, 0.25) is 0 Å². The molecular weight excluding hydrogens is 256 g/mol. The number of rotatable bonds is 5. The Morgan fingerprint density at radius 3 is 2.79 bits per heavy atom. The van der Waals surface area contributed by atoms with E-state index in [9.17, 15) is 0 Å². The molecule has 2 atom stereocenters. The van der Waals surface area contributed by atoms with E-state index < -0.39 is 0 Å². The van der Waals surface area contributed by atoms with E-state index >= 15 is 0 Å². The first-order valence-corrected chi connectivity index (χ1v) is 7.22. The number of hydrogen-bond acceptors (Lipinski definition) is 5. The van der Waals surface area contributed by atoms with Gasteiger partial charge in [0.25, 0.3) is 0 Å². The maximum atomic E-state index is 6.14. The molecule has 0 spiro atoms. The second kappa shape index (κ2) is 6.23. The van der Waals surface area contributed by atoms with Crippen LogP contribution in [0.15, 0.2) is 29.9 Å². The predicted molar refractivity (Wildman–Crippen MR) is 78.9 cm³/mol. The first-order valence-electron chi connectivity index (χ1n) is 6.34. The lowest BCUT2D eigenvalue weighted by molar-refractivity contribution is 0.208. The smallest absolute Gasteiger partial charge is 0.0897 e. The largest absolute Gasteiger partial charge is 0.326 e. The molecule has 2 heterocycles. The second-order valence-electron chi connectivity index (χ2n) is 4.86. The Morgan fingerprint density at radius 1 is 1.47 bits per heavy atom. The third kappa shape index (κ3) is 3.59. The highest BCUT2D eigenvalue weighted by Crippen LogP contribution is 2.23. The number of thiazole rings is 1. The molecule has 19 heavy (non-hydrogen) atoms. The van der Waals surface area contributed by atoms with Gasteiger partial charge in [-0.05, 0) is 32.5 Å². The molecule has 0 amide bonds. The van der Waals surface area contributed by atoms with Crippen molar-refractivity contribution in [3.05, 3.63) is 46.2 Å². The number of hydrogen-bond donors (Lipinski definition) is 1. The summed E-state index contributed by atoms with van der Waals surface area (Å²) in [6, 6.07) is 4.21. The lowest BCUT2D eigenvalue weighted by atomic mass is 10.0. The van der Waals surface area contributed by atoms with Gasteiger partial charge in [-0.25, -0.2) is 4.98 Å². The van der Waals surface area contributed by atoms with Crippen molar-refractivity contribution in [3.8, 4) is 0 Å². The van der Waals surface area contributed by atoms with Crippen molar-refractivity contribution in [1.82, 2.24) is 14.9 Å². The van der Waals surface area contributed by atoms with Crippen LogP contribution in [0.4, 0.5) is 0 Å². The van der Waals surface area contributed by atoms with Crippen LogP contribution in [0.5, 0.6) is 0 Å². The van der Waals surface area contributed by atoms with Gasteiger partial charge in [0.1, 0.15) is 0 Å². The predicted octanol–water partition coefficient (Wildman–Crippen LogP) is 2.37. The zero-order valence-corrected chi connectivity index (χ0v) is 12.4. The Labute approximate surface area is 118 Å². The number of aryl methyl sites for hydroxylation is 1. The van der Waals surface area contributed by atoms with Crippen molar-refractivity contribution in [2.45, 2.75) is 32.5 Å². The van der Waals surface area contributed by atoms with Crippen molar-refractivity contribution in [1.29, 1.82) is 0 Å². The molecule has 0 bridgehead atoms. The minimum Gasteiger partial charge on any atom is -0.326 e. The third-order valence-corrected chi connectivity index (χ3v) is 3.90. The van der Waals surface area contributed by atoms with E-state index in [-0.39, 0.29) is 12.1 Å². The van der Waals surface area contributed by atoms with Crippen molar-refractivity contribution in [3.63, 3.8) is 0 Å². The average molecular weight is 276 g/mol. The van der Waals surface area contributed by atoms with Crippen molar-refractivity contribution in [2.75, 3.05) is 7.05 Å². The molecule has 2 rings (SSSR count). The highest BCUT2D eigenvalue weighted by molar-refractivity contribution is 7.09. The molecule has 0 radical (unpaired) electrons. The standard InChI is InChI=1S/C14H20N4S/c1-10(15)14(12-5-4-6-16-7-12)18(3)8-13-9-19-11(2)17-13/h4-7,9-10,14H,8,15H2,1-3H3. The van der Waals surface area contributed by atoms with Gasteiger partial charge in [0.15, 0.2) is 0 Å². The highest BCUT2D eigenvalue weighted by atomic mass is 32.1. The Kier molecular flexibility index (Phi) is 4.63. The summed E-state index contributed by atoms with van der Waals surface area (Å²) in [4.78, 5) is 10.9. The summed E-state index contributed by atoms with van der Waals surface area (Å²) in [6.07, 6.45) is 3.67. The average Bonchev–Trinajstić information content (AvgIpc) is 2.75. The van der Waals surface area contributed by atoms with Crippen LogP contribution in [0.1, 0.15) is 29.2 Å². The summed E-state index contributed by atoms with van der Waals surface area (Å²) in [5, 5.41) is 3.20. The van der Waals surface area contributed by atoms with E-state index in [0.717, 1.165) is 22.8 Å². The van der Waals surface area contributed by atoms with Gasteiger partial charge in [0, 0.05) is 30.4 Å². The molecule has 0 aliphatic rings. The third-order valence-electron chi connectivity index (χ3n) is 3.08. The number of nitrogens with zero attached hydrogens (tertiary/aromatic N) is 3. The summed E-state index contributed by atoms with van der Waals surface area (Å²) in [6.45, 7) is 4.85. The van der Waals surface area contributed by atoms with Crippen LogP contribution in [0.3, 0.4) is 0 Å². The summed E-state index contributed by atoms with van der Waals surface area (Å²) in [5.41, 5.74) is 8.38. The molecule has 2 N–H and O–H groups in total. The summed E-state index contributed by atoms with van der Waals surface area (Å²) >= 11 is 1.68. The van der Waals surface area contributed by atoms with E-state index in [0.29, 0.717) is 0 Å². The maximum Gasteiger partial charge on any atom is 0.0897 e. The first kappa shape index (κ1) is 14.1. The van der Waals surface area contributed by atoms with Crippen LogP contribution in [-0.4, -0.2) is 28.0 Å². The molecule has 2 unspecified atom stereocenters. The van der Waals surface area contributed by atoms with Gasteiger partial charge in [-0.3, -0.25) is 9.88 Å². The molecule has 5 heteroatoms. The van der Waals surface area contributed by atoms with Gasteiger partial charge >= 0.3 is 0 Å². The fraction of sp³-hybridized carbons (Fsp3) is 0.429. The molecule has 0 saturated carbocycles. The summed E-state index contributed by atoms with van der Waals surface area (Å²) < 4.78 is 0. The second-order valence-corrected chi connectivity index (χ2v) is 5.93. The topological polar surface area (TPSA) is 55.0 Å². The molecule has 0 aromatic carbocycles. The van der Waals surface area contributed by atoms with Crippen LogP contribution in [-0.2, 0) is 6.54 Å². The molecule has 4 nitrogen and oxygen atoms in total. The number of aromatic nitrogens is 2. The van der Waals surface area contributed by atoms with Crippen molar-refractivity contribution >= 4 is 11.3 Å². The van der Waals surface area contributed by atoms with E-state index in [1.165, 1.54) is 0 Å². The zero-order valence-electron chi connectivity index (χ0n) is 11.6. The summed E-state index contributed by atoms with van der Waals surface area (Å²) in [7, 11) is 2.08. The van der Waals surface area contributed by atoms with Crippen molar-refractivity contribution < 1.29 is 0 Å². The SMILES string of the molecule is Cc1nc(CN(C)C(c2cccnc2)C(C)N)cs1. The van der Waals surface area contributed by atoms with Gasteiger partial charge in [-0.1, -0.05) is 6.07 Å². The number of pyridine rings is 1. The fourth-order valence-corrected chi connectivity index (χ4v) is 2.95. The van der Waals surface area contributed by atoms with Gasteiger partial charge in [-0.2, -0.15) is 0 Å². The highest BCUT2D eigenvalue weighted by Gasteiger charge is 2.22. The molecule has 0 saturated heterocycles. The van der Waals surface area contributed by atoms with E-state index in [4.69, 9.17) is 5.73 Å². The van der Waals surface area contributed by atoms with Crippen LogP contribution >= 0.6 is 11.3 Å². The normalized spacial score (nSPS) is 14.6. The fourth-order valence-electron chi connectivity index (χ4n) is 2.35. The van der Waals surface area contributed by atoms with E-state index in [1.807, 2.05) is 26.1 Å². The van der Waals surface area contributed by atoms with Crippen molar-refractivity contribution in [2.24, 2.45) is 5.73 Å². The minimum atomic E-state index is 0.0360. The first-order chi connectivity index (χ1) is 9.08. The Hall–Kier alpha value is -1.30. The molecule has 2 aromatic rings. The van der Waals surface area contributed by atoms with E-state index in [1.54, 1.807) is 17.5 Å². The Balaban J connectivity index is 2.15. The van der Waals surface area contributed by atoms with Gasteiger partial charge in [0.2, 0.25) is 0 Å². The van der Waals surface area contributed by atoms with Crippen LogP contribution in [0.25, 0.3) is 0 Å². The minimum absolute atomic E-state index is 0.0360. The van der Waals surface area contributed by atoms with E-state index in [2.05, 4.69) is 33.4 Å². The zero-order chi connectivity index (χ0) is 13.8. The molecule has 0 aliphatic heterocycles. The Bertz CT molecular complexity index is 509. The quantitative estimate of drug-likeness (QED) is 0.911. The molecule has 2 aromatic heterocycles. The van der Waals surface area contributed by atoms with Crippen LogP contribution < -0.4 is 5.73 Å². The van der Waals surface area contributed by atoms with Gasteiger partial charge in [0.05, 0.1) is 16.7 Å². The number of nitrogens with two attached hydrogens (primary N) is 1.